The van der Waals surface area contributed by atoms with E-state index in [1.165, 1.54) is 57.8 Å². The highest BCUT2D eigenvalue weighted by atomic mass is 16.3. The van der Waals surface area contributed by atoms with E-state index in [0.29, 0.717) is 0 Å². The van der Waals surface area contributed by atoms with Crippen molar-refractivity contribution in [1.29, 1.82) is 0 Å². The molecule has 0 heterocycles. The zero-order valence-electron chi connectivity index (χ0n) is 15.7. The zero-order valence-corrected chi connectivity index (χ0v) is 15.7. The first-order chi connectivity index (χ1) is 11.2. The van der Waals surface area contributed by atoms with Crippen molar-refractivity contribution in [2.45, 2.75) is 104 Å². The van der Waals surface area contributed by atoms with Gasteiger partial charge < -0.3 is 10.8 Å². The molecule has 138 valence electrons. The SMILES string of the molecule is CCCCCCCCCCCCC(C(N)=O)C(CO)CCCC. The minimum atomic E-state index is -0.226. The second-order valence-electron chi connectivity index (χ2n) is 7.06. The van der Waals surface area contributed by atoms with Gasteiger partial charge in [-0.15, -0.1) is 0 Å². The highest BCUT2D eigenvalue weighted by Gasteiger charge is 2.24. The van der Waals surface area contributed by atoms with Crippen LogP contribution < -0.4 is 5.73 Å². The van der Waals surface area contributed by atoms with Crippen LogP contribution in [0, 0.1) is 11.8 Å². The minimum Gasteiger partial charge on any atom is -0.396 e. The molecule has 0 bridgehead atoms. The van der Waals surface area contributed by atoms with E-state index in [0.717, 1.165) is 32.1 Å². The third-order valence-corrected chi connectivity index (χ3v) is 4.97. The van der Waals surface area contributed by atoms with Crippen molar-refractivity contribution in [3.05, 3.63) is 0 Å². The number of aliphatic hydroxyl groups excluding tert-OH is 1. The lowest BCUT2D eigenvalue weighted by atomic mass is 9.84. The number of nitrogens with two attached hydrogens (primary N) is 1. The van der Waals surface area contributed by atoms with Crippen LogP contribution in [0.4, 0.5) is 0 Å². The number of carbonyl (C=O) groups excluding carboxylic acids is 1. The molecule has 3 heteroatoms. The van der Waals surface area contributed by atoms with Crippen LogP contribution in [0.15, 0.2) is 0 Å². The summed E-state index contributed by atoms with van der Waals surface area (Å²) in [7, 11) is 0. The molecule has 2 unspecified atom stereocenters. The van der Waals surface area contributed by atoms with E-state index < -0.39 is 0 Å². The van der Waals surface area contributed by atoms with Gasteiger partial charge in [0.05, 0.1) is 0 Å². The number of hydrogen-bond acceptors (Lipinski definition) is 2. The molecule has 0 rings (SSSR count). The summed E-state index contributed by atoms with van der Waals surface area (Å²) in [4.78, 5) is 11.7. The van der Waals surface area contributed by atoms with E-state index in [2.05, 4.69) is 13.8 Å². The molecule has 0 aliphatic carbocycles. The number of amides is 1. The van der Waals surface area contributed by atoms with Crippen molar-refractivity contribution in [2.75, 3.05) is 6.61 Å². The predicted octanol–water partition coefficient (Wildman–Crippen LogP) is 5.20. The molecular formula is C20H41NO2. The van der Waals surface area contributed by atoms with E-state index in [9.17, 15) is 9.90 Å². The third-order valence-electron chi connectivity index (χ3n) is 4.97. The Hall–Kier alpha value is -0.570. The number of hydrogen-bond donors (Lipinski definition) is 2. The predicted molar refractivity (Wildman–Crippen MR) is 99.2 cm³/mol. The standard InChI is InChI=1S/C20H41NO2/c1-3-5-7-8-9-10-11-12-13-14-16-19(20(21)23)18(17-22)15-6-4-2/h18-19,22H,3-17H2,1-2H3,(H2,21,23). The lowest BCUT2D eigenvalue weighted by molar-refractivity contribution is -0.124. The van der Waals surface area contributed by atoms with Gasteiger partial charge in [-0.1, -0.05) is 90.9 Å². The molecule has 0 radical (unpaired) electrons. The number of aliphatic hydroxyl groups is 1. The zero-order chi connectivity index (χ0) is 17.3. The summed E-state index contributed by atoms with van der Waals surface area (Å²) in [6, 6.07) is 0. The van der Waals surface area contributed by atoms with Gasteiger partial charge in [0.25, 0.3) is 0 Å². The van der Waals surface area contributed by atoms with Gasteiger partial charge in [0.15, 0.2) is 0 Å². The summed E-state index contributed by atoms with van der Waals surface area (Å²) >= 11 is 0. The Bertz CT molecular complexity index is 268. The number of primary amides is 1. The van der Waals surface area contributed by atoms with Crippen LogP contribution in [0.3, 0.4) is 0 Å². The molecule has 0 aromatic rings. The number of rotatable bonds is 17. The summed E-state index contributed by atoms with van der Waals surface area (Å²) < 4.78 is 0. The Morgan fingerprint density at radius 2 is 1.26 bits per heavy atom. The van der Waals surface area contributed by atoms with Gasteiger partial charge in [0, 0.05) is 12.5 Å². The fourth-order valence-electron chi connectivity index (χ4n) is 3.35. The maximum atomic E-state index is 11.7. The molecule has 1 amide bonds. The van der Waals surface area contributed by atoms with Crippen LogP contribution in [0.1, 0.15) is 104 Å². The molecule has 0 aromatic carbocycles. The van der Waals surface area contributed by atoms with Crippen LogP contribution in [0.5, 0.6) is 0 Å². The van der Waals surface area contributed by atoms with Gasteiger partial charge in [-0.05, 0) is 18.8 Å². The molecule has 0 fully saturated rings. The molecule has 23 heavy (non-hydrogen) atoms. The molecule has 0 saturated carbocycles. The molecule has 0 aliphatic rings. The summed E-state index contributed by atoms with van der Waals surface area (Å²) in [5.74, 6) is -0.303. The van der Waals surface area contributed by atoms with E-state index in [1.54, 1.807) is 0 Å². The van der Waals surface area contributed by atoms with Crippen molar-refractivity contribution >= 4 is 5.91 Å². The van der Waals surface area contributed by atoms with E-state index in [1.807, 2.05) is 0 Å². The highest BCUT2D eigenvalue weighted by Crippen LogP contribution is 2.24. The summed E-state index contributed by atoms with van der Waals surface area (Å²) in [5, 5.41) is 9.53. The van der Waals surface area contributed by atoms with Crippen LogP contribution in [-0.4, -0.2) is 17.6 Å². The molecule has 2 atom stereocenters. The fraction of sp³-hybridized carbons (Fsp3) is 0.950. The van der Waals surface area contributed by atoms with E-state index >= 15 is 0 Å². The molecule has 3 N–H and O–H groups in total. The molecule has 0 aliphatic heterocycles. The first-order valence-corrected chi connectivity index (χ1v) is 10.1. The summed E-state index contributed by atoms with van der Waals surface area (Å²) in [5.41, 5.74) is 5.56. The van der Waals surface area contributed by atoms with Crippen molar-refractivity contribution in [3.8, 4) is 0 Å². The normalized spacial score (nSPS) is 13.9. The van der Waals surface area contributed by atoms with Crippen molar-refractivity contribution in [1.82, 2.24) is 0 Å². The number of unbranched alkanes of at least 4 members (excludes halogenated alkanes) is 10. The summed E-state index contributed by atoms with van der Waals surface area (Å²) in [6.07, 6.45) is 16.9. The van der Waals surface area contributed by atoms with Gasteiger partial charge in [0.1, 0.15) is 0 Å². The van der Waals surface area contributed by atoms with Gasteiger partial charge in [0.2, 0.25) is 5.91 Å². The molecular weight excluding hydrogens is 286 g/mol. The van der Waals surface area contributed by atoms with Crippen molar-refractivity contribution < 1.29 is 9.90 Å². The second-order valence-corrected chi connectivity index (χ2v) is 7.06. The average molecular weight is 328 g/mol. The second kappa shape index (κ2) is 16.3. The Balaban J connectivity index is 3.73. The maximum Gasteiger partial charge on any atom is 0.220 e. The fourth-order valence-corrected chi connectivity index (χ4v) is 3.35. The monoisotopic (exact) mass is 327 g/mol. The number of carbonyl (C=O) groups is 1. The Morgan fingerprint density at radius 3 is 1.70 bits per heavy atom. The Kier molecular flexibility index (Phi) is 15.9. The minimum absolute atomic E-state index is 0.0611. The van der Waals surface area contributed by atoms with Crippen molar-refractivity contribution in [2.24, 2.45) is 17.6 Å². The van der Waals surface area contributed by atoms with Crippen LogP contribution in [0.25, 0.3) is 0 Å². The average Bonchev–Trinajstić information content (AvgIpc) is 2.54. The lowest BCUT2D eigenvalue weighted by Gasteiger charge is -2.22. The topological polar surface area (TPSA) is 63.3 Å². The maximum absolute atomic E-state index is 11.7. The van der Waals surface area contributed by atoms with E-state index in [4.69, 9.17) is 5.73 Å². The summed E-state index contributed by atoms with van der Waals surface area (Å²) in [6.45, 7) is 4.48. The van der Waals surface area contributed by atoms with Gasteiger partial charge >= 0.3 is 0 Å². The first kappa shape index (κ1) is 22.4. The van der Waals surface area contributed by atoms with E-state index in [-0.39, 0.29) is 24.3 Å². The third kappa shape index (κ3) is 12.5. The lowest BCUT2D eigenvalue weighted by Crippen LogP contribution is -2.32. The molecule has 3 nitrogen and oxygen atoms in total. The smallest absolute Gasteiger partial charge is 0.220 e. The quantitative estimate of drug-likeness (QED) is 0.361. The molecule has 0 aromatic heterocycles. The molecule has 0 spiro atoms. The van der Waals surface area contributed by atoms with Gasteiger partial charge in [-0.3, -0.25) is 4.79 Å². The van der Waals surface area contributed by atoms with Gasteiger partial charge in [-0.2, -0.15) is 0 Å². The Labute approximate surface area is 144 Å². The molecule has 0 saturated heterocycles. The van der Waals surface area contributed by atoms with Crippen LogP contribution >= 0.6 is 0 Å². The highest BCUT2D eigenvalue weighted by molar-refractivity contribution is 5.76. The van der Waals surface area contributed by atoms with Crippen molar-refractivity contribution in [3.63, 3.8) is 0 Å². The Morgan fingerprint density at radius 1 is 0.783 bits per heavy atom. The largest absolute Gasteiger partial charge is 0.396 e. The first-order valence-electron chi connectivity index (χ1n) is 10.1. The van der Waals surface area contributed by atoms with Crippen LogP contribution in [0.2, 0.25) is 0 Å². The van der Waals surface area contributed by atoms with Crippen LogP contribution in [-0.2, 0) is 4.79 Å². The van der Waals surface area contributed by atoms with Gasteiger partial charge in [-0.25, -0.2) is 0 Å².